The smallest absolute Gasteiger partial charge is 0.307 e. The first-order valence-electron chi connectivity index (χ1n) is 18.8. The van der Waals surface area contributed by atoms with Gasteiger partial charge in [0, 0.05) is 26.1 Å². The van der Waals surface area contributed by atoms with Gasteiger partial charge in [-0.3, -0.25) is 24.0 Å². The van der Waals surface area contributed by atoms with Gasteiger partial charge in [0.15, 0.2) is 0 Å². The molecule has 2 fully saturated rings. The van der Waals surface area contributed by atoms with Gasteiger partial charge in [-0.25, -0.2) is 0 Å². The van der Waals surface area contributed by atoms with E-state index in [-0.39, 0.29) is 30.5 Å². The van der Waals surface area contributed by atoms with Gasteiger partial charge in [-0.1, -0.05) is 96.1 Å². The van der Waals surface area contributed by atoms with Gasteiger partial charge in [-0.05, 0) is 49.8 Å². The zero-order valence-corrected chi connectivity index (χ0v) is 29.9. The zero-order valence-electron chi connectivity index (χ0n) is 29.9. The number of phenolic OH excluding ortho intramolecular Hbond substituents is 1. The fourth-order valence-corrected chi connectivity index (χ4v) is 6.95. The molecule has 0 saturated carbocycles. The first-order valence-corrected chi connectivity index (χ1v) is 18.8. The van der Waals surface area contributed by atoms with Crippen molar-refractivity contribution in [2.45, 2.75) is 147 Å². The molecule has 274 valence electrons. The van der Waals surface area contributed by atoms with Crippen molar-refractivity contribution in [3.63, 3.8) is 0 Å². The van der Waals surface area contributed by atoms with Crippen LogP contribution in [0.2, 0.25) is 0 Å². The molecular weight excluding hydrogens is 624 g/mol. The Morgan fingerprint density at radius 2 is 1.33 bits per heavy atom. The van der Waals surface area contributed by atoms with Crippen molar-refractivity contribution < 1.29 is 33.8 Å². The minimum absolute atomic E-state index is 0.00939. The molecule has 0 bridgehead atoms. The monoisotopic (exact) mass is 684 g/mol. The van der Waals surface area contributed by atoms with Crippen LogP contribution < -0.4 is 10.6 Å². The molecule has 2 heterocycles. The van der Waals surface area contributed by atoms with Gasteiger partial charge < -0.3 is 30.3 Å². The number of rotatable bonds is 22. The Bertz CT molecular complexity index is 1190. The molecule has 1 aromatic rings. The molecule has 0 spiro atoms. The Balaban J connectivity index is 1.47. The zero-order chi connectivity index (χ0) is 35.4. The van der Waals surface area contributed by atoms with E-state index < -0.39 is 35.9 Å². The Hall–Kier alpha value is -3.63. The highest BCUT2D eigenvalue weighted by Gasteiger charge is 2.42. The third-order valence-electron chi connectivity index (χ3n) is 9.82. The van der Waals surface area contributed by atoms with E-state index in [2.05, 4.69) is 22.3 Å². The van der Waals surface area contributed by atoms with Crippen LogP contribution in [0.15, 0.2) is 24.3 Å². The van der Waals surface area contributed by atoms with Crippen LogP contribution >= 0.6 is 0 Å². The number of carbonyl (C=O) groups excluding carboxylic acids is 5. The summed E-state index contributed by atoms with van der Waals surface area (Å²) in [5.41, 5.74) is 0.443. The topological polar surface area (TPSA) is 145 Å². The van der Waals surface area contributed by atoms with Gasteiger partial charge in [0.1, 0.15) is 23.9 Å². The van der Waals surface area contributed by atoms with Crippen LogP contribution in [-0.4, -0.2) is 83.3 Å². The van der Waals surface area contributed by atoms with Crippen LogP contribution in [0.5, 0.6) is 5.75 Å². The number of methoxy groups -OCH3 is 1. The molecule has 49 heavy (non-hydrogen) atoms. The molecule has 11 nitrogen and oxygen atoms in total. The minimum atomic E-state index is -1.10. The number of likely N-dealkylation sites (tertiary alicyclic amines) is 2. The molecule has 11 heteroatoms. The molecule has 0 unspecified atom stereocenters. The van der Waals surface area contributed by atoms with Crippen LogP contribution in [0, 0.1) is 0 Å². The summed E-state index contributed by atoms with van der Waals surface area (Å²) >= 11 is 0. The maximum Gasteiger partial charge on any atom is 0.307 e. The second-order valence-electron chi connectivity index (χ2n) is 13.6. The van der Waals surface area contributed by atoms with Gasteiger partial charge in [-0.2, -0.15) is 0 Å². The number of ether oxygens (including phenoxy) is 1. The summed E-state index contributed by atoms with van der Waals surface area (Å²) in [6, 6.07) is 3.48. The van der Waals surface area contributed by atoms with E-state index in [1.54, 1.807) is 9.80 Å². The number of phenols is 1. The maximum absolute atomic E-state index is 13.8. The van der Waals surface area contributed by atoms with Crippen molar-refractivity contribution in [1.82, 2.24) is 20.4 Å². The van der Waals surface area contributed by atoms with Gasteiger partial charge in [0.2, 0.25) is 23.6 Å². The molecule has 2 aliphatic rings. The highest BCUT2D eigenvalue weighted by atomic mass is 16.5. The van der Waals surface area contributed by atoms with Crippen LogP contribution in [0.4, 0.5) is 0 Å². The van der Waals surface area contributed by atoms with E-state index in [1.807, 2.05) is 0 Å². The lowest BCUT2D eigenvalue weighted by molar-refractivity contribution is -0.147. The molecule has 0 aromatic heterocycles. The Labute approximate surface area is 292 Å². The number of benzene rings is 1. The number of carbonyl (C=O) groups is 5. The number of esters is 1. The minimum Gasteiger partial charge on any atom is -0.508 e. The quantitative estimate of drug-likeness (QED) is 0.105. The van der Waals surface area contributed by atoms with E-state index in [1.165, 1.54) is 95.6 Å². The van der Waals surface area contributed by atoms with Crippen molar-refractivity contribution in [3.8, 4) is 5.75 Å². The number of hydrogen-bond donors (Lipinski definition) is 3. The standard InChI is InChI=1S/C38H60N4O7/c1-3-4-5-6-7-8-9-10-11-12-13-14-15-20-33(44)41-27-17-19-32(41)38(48)42-28-16-18-31(42)36(46)40-35(29-21-23-30(43)24-22-29)37(47)39-26-25-34(45)49-2/h21-24,31-32,35,43H,3-20,25-28H2,1-2H3,(H,39,47)(H,40,46)/t31-,32-,35-/m0/s1. The molecule has 0 radical (unpaired) electrons. The van der Waals surface area contributed by atoms with Gasteiger partial charge in [0.05, 0.1) is 13.5 Å². The van der Waals surface area contributed by atoms with E-state index in [4.69, 9.17) is 0 Å². The predicted molar refractivity (Wildman–Crippen MR) is 188 cm³/mol. The van der Waals surface area contributed by atoms with Crippen LogP contribution in [0.1, 0.15) is 141 Å². The van der Waals surface area contributed by atoms with Gasteiger partial charge >= 0.3 is 5.97 Å². The van der Waals surface area contributed by atoms with Crippen molar-refractivity contribution in [3.05, 3.63) is 29.8 Å². The molecule has 1 aromatic carbocycles. The summed E-state index contributed by atoms with van der Waals surface area (Å²) in [4.78, 5) is 68.6. The van der Waals surface area contributed by atoms with E-state index >= 15 is 0 Å². The predicted octanol–water partition coefficient (Wildman–Crippen LogP) is 5.69. The molecular formula is C38H60N4O7. The third kappa shape index (κ3) is 13.3. The summed E-state index contributed by atoms with van der Waals surface area (Å²) in [5.74, 6) is -1.66. The Kier molecular flexibility index (Phi) is 18.0. The average molecular weight is 685 g/mol. The lowest BCUT2D eigenvalue weighted by Gasteiger charge is -2.31. The lowest BCUT2D eigenvalue weighted by Crippen LogP contribution is -2.54. The summed E-state index contributed by atoms with van der Waals surface area (Å²) in [6.45, 7) is 3.23. The molecule has 2 aliphatic heterocycles. The SMILES string of the molecule is CCCCCCCCCCCCCCCC(=O)N1CCC[C@H]1C(=O)N1CCC[C@H]1C(=O)N[C@H](C(=O)NCCC(=O)OC)c1ccc(O)cc1. The first-order chi connectivity index (χ1) is 23.8. The van der Waals surface area contributed by atoms with Crippen LogP contribution in [0.25, 0.3) is 0 Å². The number of amides is 4. The second kappa shape index (κ2) is 22.2. The summed E-state index contributed by atoms with van der Waals surface area (Å²) in [7, 11) is 1.26. The van der Waals surface area contributed by atoms with Gasteiger partial charge in [0.25, 0.3) is 0 Å². The highest BCUT2D eigenvalue weighted by Crippen LogP contribution is 2.27. The number of aromatic hydroxyl groups is 1. The summed E-state index contributed by atoms with van der Waals surface area (Å²) in [5, 5.41) is 15.2. The van der Waals surface area contributed by atoms with E-state index in [0.29, 0.717) is 44.3 Å². The number of unbranched alkanes of at least 4 members (excludes halogenated alkanes) is 12. The molecule has 3 atom stereocenters. The lowest BCUT2D eigenvalue weighted by atomic mass is 10.0. The normalized spacial score (nSPS) is 17.9. The molecule has 4 amide bonds. The average Bonchev–Trinajstić information content (AvgIpc) is 3.80. The van der Waals surface area contributed by atoms with Crippen LogP contribution in [-0.2, 0) is 28.7 Å². The Morgan fingerprint density at radius 3 is 1.92 bits per heavy atom. The Morgan fingerprint density at radius 1 is 0.776 bits per heavy atom. The van der Waals surface area contributed by atoms with Crippen molar-refractivity contribution in [2.24, 2.45) is 0 Å². The highest BCUT2D eigenvalue weighted by molar-refractivity contribution is 5.95. The first kappa shape index (κ1) is 39.8. The molecule has 0 aliphatic carbocycles. The fourth-order valence-electron chi connectivity index (χ4n) is 6.95. The van der Waals surface area contributed by atoms with Gasteiger partial charge in [-0.15, -0.1) is 0 Å². The number of hydrogen-bond acceptors (Lipinski definition) is 7. The van der Waals surface area contributed by atoms with Crippen LogP contribution in [0.3, 0.4) is 0 Å². The summed E-state index contributed by atoms with van der Waals surface area (Å²) in [6.07, 6.45) is 18.9. The van der Waals surface area contributed by atoms with Crippen molar-refractivity contribution in [2.75, 3.05) is 26.7 Å². The third-order valence-corrected chi connectivity index (χ3v) is 9.82. The molecule has 2 saturated heterocycles. The van der Waals surface area contributed by atoms with E-state index in [9.17, 15) is 29.1 Å². The second-order valence-corrected chi connectivity index (χ2v) is 13.6. The largest absolute Gasteiger partial charge is 0.508 e. The molecule has 3 N–H and O–H groups in total. The molecule has 3 rings (SSSR count). The fraction of sp³-hybridized carbons (Fsp3) is 0.711. The maximum atomic E-state index is 13.8. The number of nitrogens with one attached hydrogen (secondary N) is 2. The summed E-state index contributed by atoms with van der Waals surface area (Å²) < 4.78 is 4.63. The van der Waals surface area contributed by atoms with Crippen molar-refractivity contribution >= 4 is 29.6 Å². The van der Waals surface area contributed by atoms with E-state index in [0.717, 1.165) is 25.7 Å². The van der Waals surface area contributed by atoms with Crippen molar-refractivity contribution in [1.29, 1.82) is 0 Å². The number of nitrogens with zero attached hydrogens (tertiary/aromatic N) is 2.